The first-order chi connectivity index (χ1) is 8.24. The lowest BCUT2D eigenvalue weighted by Crippen LogP contribution is -2.33. The number of imidazole rings is 1. The Morgan fingerprint density at radius 3 is 3.18 bits per heavy atom. The molecule has 0 amide bonds. The lowest BCUT2D eigenvalue weighted by Gasteiger charge is -2.06. The third-order valence-electron chi connectivity index (χ3n) is 2.73. The molecular weight excluding hydrogens is 238 g/mol. The summed E-state index contributed by atoms with van der Waals surface area (Å²) in [5.41, 5.74) is 1.76. The van der Waals surface area contributed by atoms with Crippen LogP contribution in [0.3, 0.4) is 0 Å². The molecule has 2 atom stereocenters. The third-order valence-corrected chi connectivity index (χ3v) is 3.97. The summed E-state index contributed by atoms with van der Waals surface area (Å²) in [7, 11) is 0. The van der Waals surface area contributed by atoms with Crippen LogP contribution in [0.5, 0.6) is 0 Å². The highest BCUT2D eigenvalue weighted by Crippen LogP contribution is 2.32. The maximum absolute atomic E-state index is 10.8. The fraction of sp³-hybridized carbons (Fsp3) is 0.273. The van der Waals surface area contributed by atoms with E-state index < -0.39 is 12.0 Å². The van der Waals surface area contributed by atoms with E-state index in [9.17, 15) is 4.79 Å². The van der Waals surface area contributed by atoms with Gasteiger partial charge in [0.05, 0.1) is 11.1 Å². The van der Waals surface area contributed by atoms with Crippen molar-refractivity contribution in [3.63, 3.8) is 0 Å². The van der Waals surface area contributed by atoms with Gasteiger partial charge in [0.25, 0.3) is 0 Å². The Labute approximate surface area is 102 Å². The van der Waals surface area contributed by atoms with Gasteiger partial charge in [0.2, 0.25) is 0 Å². The van der Waals surface area contributed by atoms with Crippen LogP contribution in [0.1, 0.15) is 11.1 Å². The number of thioether (sulfide) groups is 1. The smallest absolute Gasteiger partial charge is 0.321 e. The van der Waals surface area contributed by atoms with Gasteiger partial charge < -0.3 is 9.51 Å². The Bertz CT molecular complexity index is 536. The van der Waals surface area contributed by atoms with Gasteiger partial charge in [-0.1, -0.05) is 6.07 Å². The monoisotopic (exact) mass is 249 g/mol. The molecule has 0 spiro atoms. The Hall–Kier alpha value is -1.53. The molecule has 2 aromatic heterocycles. The zero-order valence-corrected chi connectivity index (χ0v) is 9.72. The van der Waals surface area contributed by atoms with Crippen molar-refractivity contribution in [2.24, 2.45) is 0 Å². The number of hydrogen-bond acceptors (Lipinski definition) is 4. The fourth-order valence-electron chi connectivity index (χ4n) is 1.87. The van der Waals surface area contributed by atoms with Crippen molar-refractivity contribution in [1.82, 2.24) is 14.7 Å². The largest absolute Gasteiger partial charge is 0.480 e. The van der Waals surface area contributed by atoms with E-state index in [-0.39, 0.29) is 5.37 Å². The quantitative estimate of drug-likeness (QED) is 0.835. The molecule has 17 heavy (non-hydrogen) atoms. The summed E-state index contributed by atoms with van der Waals surface area (Å²) in [5, 5.41) is 11.9. The maximum atomic E-state index is 10.8. The minimum absolute atomic E-state index is 0.0315. The molecule has 1 aliphatic heterocycles. The van der Waals surface area contributed by atoms with E-state index in [1.165, 1.54) is 0 Å². The Balaban J connectivity index is 1.87. The number of fused-ring (bicyclic) bond motifs is 1. The average Bonchev–Trinajstić information content (AvgIpc) is 2.95. The highest BCUT2D eigenvalue weighted by atomic mass is 32.2. The average molecular weight is 249 g/mol. The van der Waals surface area contributed by atoms with Crippen LogP contribution in [0.2, 0.25) is 0 Å². The number of rotatable bonds is 2. The van der Waals surface area contributed by atoms with Gasteiger partial charge in [-0.05, 0) is 12.1 Å². The Morgan fingerprint density at radius 1 is 1.59 bits per heavy atom. The van der Waals surface area contributed by atoms with Gasteiger partial charge in [-0.3, -0.25) is 10.1 Å². The van der Waals surface area contributed by atoms with Gasteiger partial charge in [0.15, 0.2) is 0 Å². The number of carbonyl (C=O) groups is 1. The number of carboxylic acid groups (broad SMARTS) is 1. The molecule has 2 aromatic rings. The molecule has 0 aliphatic carbocycles. The molecule has 0 bridgehead atoms. The van der Waals surface area contributed by atoms with E-state index in [2.05, 4.69) is 10.3 Å². The minimum Gasteiger partial charge on any atom is -0.480 e. The second-order valence-electron chi connectivity index (χ2n) is 3.90. The van der Waals surface area contributed by atoms with Crippen molar-refractivity contribution < 1.29 is 9.90 Å². The van der Waals surface area contributed by atoms with E-state index in [0.717, 1.165) is 11.3 Å². The third kappa shape index (κ3) is 1.89. The second-order valence-corrected chi connectivity index (χ2v) is 5.04. The van der Waals surface area contributed by atoms with Crippen LogP contribution in [0.15, 0.2) is 30.6 Å². The summed E-state index contributed by atoms with van der Waals surface area (Å²) in [6.45, 7) is 0. The van der Waals surface area contributed by atoms with Gasteiger partial charge in [0.1, 0.15) is 11.7 Å². The van der Waals surface area contributed by atoms with E-state index in [1.54, 1.807) is 11.8 Å². The molecule has 3 heterocycles. The van der Waals surface area contributed by atoms with Crippen LogP contribution in [-0.2, 0) is 4.79 Å². The molecule has 0 saturated carbocycles. The highest BCUT2D eigenvalue weighted by Gasteiger charge is 2.31. The molecule has 5 nitrogen and oxygen atoms in total. The van der Waals surface area contributed by atoms with E-state index in [1.807, 2.05) is 35.0 Å². The minimum atomic E-state index is -0.802. The normalized spacial score (nSPS) is 24.2. The van der Waals surface area contributed by atoms with Crippen LogP contribution in [0.25, 0.3) is 5.65 Å². The zero-order chi connectivity index (χ0) is 11.8. The number of hydrogen-bond donors (Lipinski definition) is 2. The second kappa shape index (κ2) is 4.05. The molecule has 1 fully saturated rings. The van der Waals surface area contributed by atoms with Crippen molar-refractivity contribution in [2.45, 2.75) is 11.4 Å². The maximum Gasteiger partial charge on any atom is 0.321 e. The van der Waals surface area contributed by atoms with Gasteiger partial charge >= 0.3 is 5.97 Å². The molecule has 0 aromatic carbocycles. The van der Waals surface area contributed by atoms with Crippen LogP contribution in [0.4, 0.5) is 0 Å². The molecule has 2 N–H and O–H groups in total. The van der Waals surface area contributed by atoms with E-state index >= 15 is 0 Å². The number of carboxylic acids is 1. The van der Waals surface area contributed by atoms with E-state index in [4.69, 9.17) is 5.11 Å². The van der Waals surface area contributed by atoms with Gasteiger partial charge in [0, 0.05) is 18.1 Å². The Morgan fingerprint density at radius 2 is 2.47 bits per heavy atom. The van der Waals surface area contributed by atoms with Gasteiger partial charge in [-0.25, -0.2) is 4.98 Å². The lowest BCUT2D eigenvalue weighted by atomic mass is 10.3. The van der Waals surface area contributed by atoms with Crippen molar-refractivity contribution in [3.05, 3.63) is 36.3 Å². The molecule has 1 aliphatic rings. The molecule has 3 rings (SSSR count). The van der Waals surface area contributed by atoms with Crippen LogP contribution < -0.4 is 5.32 Å². The summed E-state index contributed by atoms with van der Waals surface area (Å²) in [6.07, 6.45) is 3.87. The number of pyridine rings is 1. The van der Waals surface area contributed by atoms with Crippen LogP contribution >= 0.6 is 11.8 Å². The summed E-state index contributed by atoms with van der Waals surface area (Å²) < 4.78 is 1.94. The van der Waals surface area contributed by atoms with Gasteiger partial charge in [-0.2, -0.15) is 0 Å². The summed E-state index contributed by atoms with van der Waals surface area (Å²) in [6, 6.07) is 5.32. The molecule has 0 radical (unpaired) electrons. The molecule has 6 heteroatoms. The lowest BCUT2D eigenvalue weighted by molar-refractivity contribution is -0.138. The first-order valence-corrected chi connectivity index (χ1v) is 6.33. The summed E-state index contributed by atoms with van der Waals surface area (Å²) >= 11 is 1.58. The number of nitrogens with one attached hydrogen (secondary N) is 1. The SMILES string of the molecule is O=C(O)[C@@H]1CSC(c2cn3ccccc3n2)N1. The van der Waals surface area contributed by atoms with Crippen molar-refractivity contribution >= 4 is 23.4 Å². The predicted molar refractivity (Wildman–Crippen MR) is 65.0 cm³/mol. The zero-order valence-electron chi connectivity index (χ0n) is 8.91. The van der Waals surface area contributed by atoms with Crippen LogP contribution in [-0.4, -0.2) is 32.3 Å². The summed E-state index contributed by atoms with van der Waals surface area (Å²) in [5.74, 6) is -0.225. The Kier molecular flexibility index (Phi) is 2.53. The van der Waals surface area contributed by atoms with Crippen molar-refractivity contribution in [2.75, 3.05) is 5.75 Å². The molecule has 1 saturated heterocycles. The summed E-state index contributed by atoms with van der Waals surface area (Å²) in [4.78, 5) is 15.3. The standard InChI is InChI=1S/C11H11N3O2S/c15-11(16)8-6-17-10(13-8)7-5-14-4-2-1-3-9(14)12-7/h1-5,8,10,13H,6H2,(H,15,16)/t8-,10?/m0/s1. The topological polar surface area (TPSA) is 66.6 Å². The van der Waals surface area contributed by atoms with E-state index in [0.29, 0.717) is 5.75 Å². The van der Waals surface area contributed by atoms with Crippen LogP contribution in [0, 0.1) is 0 Å². The fourth-order valence-corrected chi connectivity index (χ4v) is 3.03. The highest BCUT2D eigenvalue weighted by molar-refractivity contribution is 7.99. The number of nitrogens with zero attached hydrogens (tertiary/aromatic N) is 2. The van der Waals surface area contributed by atoms with Crippen molar-refractivity contribution in [1.29, 1.82) is 0 Å². The molecule has 88 valence electrons. The molecular formula is C11H11N3O2S. The van der Waals surface area contributed by atoms with Gasteiger partial charge in [-0.15, -0.1) is 11.8 Å². The number of aromatic nitrogens is 2. The van der Waals surface area contributed by atoms with Crippen molar-refractivity contribution in [3.8, 4) is 0 Å². The predicted octanol–water partition coefficient (Wildman–Crippen LogP) is 1.12. The number of aliphatic carboxylic acids is 1. The first kappa shape index (κ1) is 10.6. The first-order valence-electron chi connectivity index (χ1n) is 5.28. The molecule has 1 unspecified atom stereocenters.